The van der Waals surface area contributed by atoms with Crippen LogP contribution < -0.4 is 11.1 Å². The summed E-state index contributed by atoms with van der Waals surface area (Å²) in [4.78, 5) is 4.20. The van der Waals surface area contributed by atoms with E-state index in [-0.39, 0.29) is 0 Å². The molecule has 3 N–H and O–H groups in total. The minimum atomic E-state index is -0.634. The number of pyridine rings is 1. The third kappa shape index (κ3) is 2.25. The third-order valence-electron chi connectivity index (χ3n) is 2.94. The Labute approximate surface area is 114 Å². The topological polar surface area (TPSA) is 50.9 Å². The fourth-order valence-corrected chi connectivity index (χ4v) is 2.09. The van der Waals surface area contributed by atoms with E-state index in [0.717, 1.165) is 11.5 Å². The summed E-state index contributed by atoms with van der Waals surface area (Å²) in [7, 11) is 0. The number of hydrogen-bond donors (Lipinski definition) is 2. The number of rotatable bonds is 2. The number of nitrogens with zero attached hydrogens (tertiary/aromatic N) is 1. The van der Waals surface area contributed by atoms with Crippen LogP contribution in [0, 0.1) is 11.6 Å². The summed E-state index contributed by atoms with van der Waals surface area (Å²) in [6.07, 6.45) is 1.64. The molecule has 0 saturated heterocycles. The standard InChI is InChI=1S/C15H11F2N3/c16-9-6-10(17)8-11(7-9)20-14-4-3-13(18)15-12(14)2-1-5-19-15/h1-8,20H,18H2. The van der Waals surface area contributed by atoms with Crippen LogP contribution in [0.4, 0.5) is 25.8 Å². The Bertz CT molecular complexity index is 767. The molecular weight excluding hydrogens is 260 g/mol. The molecule has 2 aromatic carbocycles. The van der Waals surface area contributed by atoms with Gasteiger partial charge in [0.15, 0.2) is 0 Å². The molecule has 0 amide bonds. The van der Waals surface area contributed by atoms with Crippen LogP contribution in [0.15, 0.2) is 48.7 Å². The molecule has 0 fully saturated rings. The number of hydrogen-bond acceptors (Lipinski definition) is 3. The average Bonchev–Trinajstić information content (AvgIpc) is 2.41. The van der Waals surface area contributed by atoms with E-state index in [1.54, 1.807) is 24.4 Å². The van der Waals surface area contributed by atoms with Crippen LogP contribution in [-0.2, 0) is 0 Å². The van der Waals surface area contributed by atoms with Crippen LogP contribution in [0.25, 0.3) is 10.9 Å². The van der Waals surface area contributed by atoms with Gasteiger partial charge in [0.05, 0.1) is 11.2 Å². The summed E-state index contributed by atoms with van der Waals surface area (Å²) >= 11 is 0. The molecule has 0 aliphatic carbocycles. The predicted octanol–water partition coefficient (Wildman–Crippen LogP) is 3.84. The van der Waals surface area contributed by atoms with E-state index >= 15 is 0 Å². The summed E-state index contributed by atoms with van der Waals surface area (Å²) in [5, 5.41) is 3.77. The Kier molecular flexibility index (Phi) is 2.95. The molecule has 3 nitrogen and oxygen atoms in total. The van der Waals surface area contributed by atoms with E-state index in [1.165, 1.54) is 12.1 Å². The largest absolute Gasteiger partial charge is 0.397 e. The van der Waals surface area contributed by atoms with Gasteiger partial charge in [-0.1, -0.05) is 0 Å². The Morgan fingerprint density at radius 1 is 1.00 bits per heavy atom. The normalized spacial score (nSPS) is 10.7. The highest BCUT2D eigenvalue weighted by atomic mass is 19.1. The van der Waals surface area contributed by atoms with E-state index < -0.39 is 11.6 Å². The molecule has 3 aromatic rings. The summed E-state index contributed by atoms with van der Waals surface area (Å²) in [5.41, 5.74) is 8.07. The lowest BCUT2D eigenvalue weighted by atomic mass is 10.1. The summed E-state index contributed by atoms with van der Waals surface area (Å²) in [6.45, 7) is 0. The SMILES string of the molecule is Nc1ccc(Nc2cc(F)cc(F)c2)c2cccnc12. The highest BCUT2D eigenvalue weighted by Crippen LogP contribution is 2.29. The lowest BCUT2D eigenvalue weighted by Gasteiger charge is -2.11. The molecule has 0 aliphatic heterocycles. The second kappa shape index (κ2) is 4.77. The molecule has 0 atom stereocenters. The van der Waals surface area contributed by atoms with Gasteiger partial charge in [0.1, 0.15) is 11.6 Å². The highest BCUT2D eigenvalue weighted by Gasteiger charge is 2.06. The molecule has 0 saturated carbocycles. The minimum absolute atomic E-state index is 0.331. The maximum atomic E-state index is 13.2. The average molecular weight is 271 g/mol. The monoisotopic (exact) mass is 271 g/mol. The first kappa shape index (κ1) is 12.3. The fraction of sp³-hybridized carbons (Fsp3) is 0. The summed E-state index contributed by atoms with van der Waals surface area (Å²) in [5.74, 6) is -1.27. The van der Waals surface area contributed by atoms with E-state index in [2.05, 4.69) is 10.3 Å². The molecule has 0 radical (unpaired) electrons. The van der Waals surface area contributed by atoms with Crippen molar-refractivity contribution in [2.45, 2.75) is 0 Å². The number of nitrogen functional groups attached to an aromatic ring is 1. The first-order valence-corrected chi connectivity index (χ1v) is 6.00. The van der Waals surface area contributed by atoms with E-state index in [1.807, 2.05) is 6.07 Å². The Balaban J connectivity index is 2.09. The van der Waals surface area contributed by atoms with Crippen molar-refractivity contribution < 1.29 is 8.78 Å². The zero-order valence-electron chi connectivity index (χ0n) is 10.4. The number of nitrogens with two attached hydrogens (primary N) is 1. The van der Waals surface area contributed by atoms with Crippen LogP contribution in [0.1, 0.15) is 0 Å². The zero-order chi connectivity index (χ0) is 14.1. The van der Waals surface area contributed by atoms with Crippen molar-refractivity contribution >= 4 is 28.0 Å². The molecule has 1 heterocycles. The minimum Gasteiger partial charge on any atom is -0.397 e. The van der Waals surface area contributed by atoms with Gasteiger partial charge in [-0.15, -0.1) is 0 Å². The predicted molar refractivity (Wildman–Crippen MR) is 75.8 cm³/mol. The lowest BCUT2D eigenvalue weighted by molar-refractivity contribution is 0.584. The van der Waals surface area contributed by atoms with Crippen molar-refractivity contribution in [2.24, 2.45) is 0 Å². The second-order valence-electron chi connectivity index (χ2n) is 4.39. The highest BCUT2D eigenvalue weighted by molar-refractivity contribution is 5.99. The van der Waals surface area contributed by atoms with Crippen LogP contribution in [0.5, 0.6) is 0 Å². The number of aromatic nitrogens is 1. The van der Waals surface area contributed by atoms with Gasteiger partial charge < -0.3 is 11.1 Å². The van der Waals surface area contributed by atoms with Gasteiger partial charge >= 0.3 is 0 Å². The molecule has 20 heavy (non-hydrogen) atoms. The molecule has 0 aliphatic rings. The zero-order valence-corrected chi connectivity index (χ0v) is 10.4. The quantitative estimate of drug-likeness (QED) is 0.696. The maximum Gasteiger partial charge on any atom is 0.128 e. The van der Waals surface area contributed by atoms with Gasteiger partial charge in [0.2, 0.25) is 0 Å². The van der Waals surface area contributed by atoms with Crippen molar-refractivity contribution in [3.8, 4) is 0 Å². The molecule has 5 heteroatoms. The Morgan fingerprint density at radius 3 is 2.50 bits per heavy atom. The van der Waals surface area contributed by atoms with Gasteiger partial charge in [0.25, 0.3) is 0 Å². The van der Waals surface area contributed by atoms with Gasteiger partial charge in [-0.2, -0.15) is 0 Å². The van der Waals surface area contributed by atoms with Crippen molar-refractivity contribution in [3.05, 3.63) is 60.3 Å². The molecule has 0 unspecified atom stereocenters. The van der Waals surface area contributed by atoms with Gasteiger partial charge in [-0.05, 0) is 36.4 Å². The Hall–Kier alpha value is -2.69. The molecule has 3 rings (SSSR count). The molecular formula is C15H11F2N3. The smallest absolute Gasteiger partial charge is 0.128 e. The first-order chi connectivity index (χ1) is 9.63. The van der Waals surface area contributed by atoms with Crippen LogP contribution >= 0.6 is 0 Å². The van der Waals surface area contributed by atoms with Gasteiger partial charge in [-0.25, -0.2) is 8.78 Å². The van der Waals surface area contributed by atoms with E-state index in [0.29, 0.717) is 22.6 Å². The first-order valence-electron chi connectivity index (χ1n) is 6.00. The van der Waals surface area contributed by atoms with Crippen LogP contribution in [0.2, 0.25) is 0 Å². The van der Waals surface area contributed by atoms with Crippen LogP contribution in [-0.4, -0.2) is 4.98 Å². The molecule has 100 valence electrons. The number of nitrogens with one attached hydrogen (secondary N) is 1. The van der Waals surface area contributed by atoms with Crippen LogP contribution in [0.3, 0.4) is 0 Å². The molecule has 0 bridgehead atoms. The van der Waals surface area contributed by atoms with Crippen molar-refractivity contribution in [2.75, 3.05) is 11.1 Å². The molecule has 0 spiro atoms. The van der Waals surface area contributed by atoms with Gasteiger partial charge in [-0.3, -0.25) is 4.98 Å². The number of fused-ring (bicyclic) bond motifs is 1. The fourth-order valence-electron chi connectivity index (χ4n) is 2.09. The molecule has 1 aromatic heterocycles. The van der Waals surface area contributed by atoms with Gasteiger partial charge in [0, 0.05) is 29.0 Å². The summed E-state index contributed by atoms with van der Waals surface area (Å²) in [6, 6.07) is 10.3. The Morgan fingerprint density at radius 2 is 1.75 bits per heavy atom. The van der Waals surface area contributed by atoms with Crippen molar-refractivity contribution in [3.63, 3.8) is 0 Å². The number of anilines is 3. The van der Waals surface area contributed by atoms with E-state index in [4.69, 9.17) is 5.73 Å². The lowest BCUT2D eigenvalue weighted by Crippen LogP contribution is -1.96. The number of benzene rings is 2. The number of halogens is 2. The summed E-state index contributed by atoms with van der Waals surface area (Å²) < 4.78 is 26.4. The maximum absolute atomic E-state index is 13.2. The van der Waals surface area contributed by atoms with Crippen molar-refractivity contribution in [1.29, 1.82) is 0 Å². The van der Waals surface area contributed by atoms with Crippen molar-refractivity contribution in [1.82, 2.24) is 4.98 Å². The third-order valence-corrected chi connectivity index (χ3v) is 2.94. The van der Waals surface area contributed by atoms with E-state index in [9.17, 15) is 8.78 Å². The second-order valence-corrected chi connectivity index (χ2v) is 4.39.